The first kappa shape index (κ1) is 19.9. The first-order valence-electron chi connectivity index (χ1n) is 10.3. The Labute approximate surface area is 187 Å². The Bertz CT molecular complexity index is 1230. The molecule has 0 saturated carbocycles. The van der Waals surface area contributed by atoms with E-state index in [9.17, 15) is 0 Å². The van der Waals surface area contributed by atoms with E-state index in [0.29, 0.717) is 6.16 Å². The van der Waals surface area contributed by atoms with Gasteiger partial charge < -0.3 is 0 Å². The summed E-state index contributed by atoms with van der Waals surface area (Å²) in [7, 11) is 0. The predicted molar refractivity (Wildman–Crippen MR) is 134 cm³/mol. The number of rotatable bonds is 5. The predicted octanol–water partition coefficient (Wildman–Crippen LogP) is 5.81. The summed E-state index contributed by atoms with van der Waals surface area (Å²) in [6, 6.07) is 39.5. The number of pyridine rings is 2. The van der Waals surface area contributed by atoms with E-state index in [1.54, 1.807) is 6.20 Å². The van der Waals surface area contributed by atoms with E-state index in [4.69, 9.17) is 16.2 Å². The normalized spacial score (nSPS) is 12.9. The van der Waals surface area contributed by atoms with Crippen molar-refractivity contribution in [3.05, 3.63) is 127 Å². The molecule has 2 nitrogen and oxygen atoms in total. The second kappa shape index (κ2) is 7.89. The average molecular weight is 441 g/mol. The van der Waals surface area contributed by atoms with Crippen molar-refractivity contribution < 1.29 is 0 Å². The van der Waals surface area contributed by atoms with Gasteiger partial charge in [-0.1, -0.05) is 0 Å². The first-order chi connectivity index (χ1) is 15.2. The standard InChI is InChI=1S/C27H22ClN2P/c28-31(23-11-4-1-5-12-23,24-13-6-2-7-14-24,25-15-8-3-9-16-25)21-22-18-19-26-27(30-22)17-10-20-29-26/h1-20H,21H2. The Hall–Kier alpha value is -3.06. The fourth-order valence-corrected chi connectivity index (χ4v) is 10.3. The number of benzene rings is 3. The van der Waals surface area contributed by atoms with E-state index in [-0.39, 0.29) is 0 Å². The van der Waals surface area contributed by atoms with Crippen molar-refractivity contribution in [3.63, 3.8) is 0 Å². The van der Waals surface area contributed by atoms with E-state index >= 15 is 0 Å². The Balaban J connectivity index is 1.83. The molecule has 2 aromatic heterocycles. The molecule has 0 aliphatic carbocycles. The molecule has 5 rings (SSSR count). The third kappa shape index (κ3) is 3.33. The van der Waals surface area contributed by atoms with Gasteiger partial charge in [-0.25, -0.2) is 0 Å². The summed E-state index contributed by atoms with van der Waals surface area (Å²) in [6.07, 6.45) is 2.42. The van der Waals surface area contributed by atoms with Crippen LogP contribution in [0.15, 0.2) is 121 Å². The Kier molecular flexibility index (Phi) is 5.06. The molecule has 0 aliphatic rings. The molecule has 0 bridgehead atoms. The Morgan fingerprint density at radius 2 is 1.06 bits per heavy atom. The maximum absolute atomic E-state index is 8.13. The monoisotopic (exact) mass is 440 g/mol. The molecule has 0 N–H and O–H groups in total. The minimum atomic E-state index is -3.38. The molecule has 31 heavy (non-hydrogen) atoms. The first-order valence-corrected chi connectivity index (χ1v) is 13.6. The van der Waals surface area contributed by atoms with Gasteiger partial charge in [0.1, 0.15) is 0 Å². The average Bonchev–Trinajstić information content (AvgIpc) is 2.86. The molecule has 3 aromatic carbocycles. The molecule has 152 valence electrons. The zero-order valence-corrected chi connectivity index (χ0v) is 18.6. The molecule has 0 fully saturated rings. The summed E-state index contributed by atoms with van der Waals surface area (Å²) in [5, 5.41) is 3.42. The number of hydrogen-bond acceptors (Lipinski definition) is 2. The number of aromatic nitrogens is 2. The van der Waals surface area contributed by atoms with E-state index < -0.39 is 5.96 Å². The van der Waals surface area contributed by atoms with Gasteiger partial charge in [-0.15, -0.1) is 0 Å². The molecule has 0 spiro atoms. The van der Waals surface area contributed by atoms with Crippen molar-refractivity contribution >= 4 is 44.1 Å². The van der Waals surface area contributed by atoms with E-state index in [1.807, 2.05) is 36.4 Å². The third-order valence-electron chi connectivity index (χ3n) is 5.86. The van der Waals surface area contributed by atoms with Crippen LogP contribution in [0.25, 0.3) is 11.0 Å². The fraction of sp³-hybridized carbons (Fsp3) is 0.0370. The van der Waals surface area contributed by atoms with Crippen LogP contribution in [0.4, 0.5) is 0 Å². The van der Waals surface area contributed by atoms with Crippen molar-refractivity contribution in [2.45, 2.75) is 6.16 Å². The molecule has 0 atom stereocenters. The topological polar surface area (TPSA) is 25.8 Å². The van der Waals surface area contributed by atoms with Crippen molar-refractivity contribution in [2.75, 3.05) is 0 Å². The zero-order valence-electron chi connectivity index (χ0n) is 17.0. The van der Waals surface area contributed by atoms with Crippen LogP contribution >= 0.6 is 17.2 Å². The summed E-state index contributed by atoms with van der Waals surface area (Å²) >= 11 is 8.13. The molecule has 5 aromatic rings. The molecule has 2 heterocycles. The van der Waals surface area contributed by atoms with Crippen molar-refractivity contribution in [1.82, 2.24) is 9.97 Å². The maximum atomic E-state index is 8.13. The summed E-state index contributed by atoms with van der Waals surface area (Å²) in [6.45, 7) is 0. The molecular formula is C27H22ClN2P. The molecule has 0 radical (unpaired) electrons. The van der Waals surface area contributed by atoms with Crippen LogP contribution in [0.3, 0.4) is 0 Å². The Morgan fingerprint density at radius 1 is 0.548 bits per heavy atom. The van der Waals surface area contributed by atoms with Gasteiger partial charge in [0.15, 0.2) is 0 Å². The van der Waals surface area contributed by atoms with Crippen LogP contribution in [0.1, 0.15) is 5.69 Å². The van der Waals surface area contributed by atoms with Gasteiger partial charge in [0.2, 0.25) is 0 Å². The SMILES string of the molecule is ClP(Cc1ccc2ncccc2n1)(c1ccccc1)(c1ccccc1)c1ccccc1. The fourth-order valence-electron chi connectivity index (χ4n) is 4.33. The Morgan fingerprint density at radius 3 is 1.58 bits per heavy atom. The van der Waals surface area contributed by atoms with Gasteiger partial charge in [-0.3, -0.25) is 0 Å². The van der Waals surface area contributed by atoms with E-state index in [0.717, 1.165) is 32.6 Å². The molecule has 4 heteroatoms. The van der Waals surface area contributed by atoms with Crippen LogP contribution in [0.5, 0.6) is 0 Å². The second-order valence-electron chi connectivity index (χ2n) is 7.69. The number of hydrogen-bond donors (Lipinski definition) is 0. The zero-order chi connectivity index (χ0) is 21.2. The number of fused-ring (bicyclic) bond motifs is 1. The summed E-state index contributed by atoms with van der Waals surface area (Å²) < 4.78 is 0. The molecule has 0 aliphatic heterocycles. The summed E-state index contributed by atoms with van der Waals surface area (Å²) in [4.78, 5) is 9.39. The summed E-state index contributed by atoms with van der Waals surface area (Å²) in [5.41, 5.74) is 2.74. The van der Waals surface area contributed by atoms with E-state index in [1.165, 1.54) is 0 Å². The molecule has 0 saturated heterocycles. The van der Waals surface area contributed by atoms with Crippen LogP contribution < -0.4 is 15.9 Å². The quantitative estimate of drug-likeness (QED) is 0.322. The molecule has 0 amide bonds. The van der Waals surface area contributed by atoms with Crippen molar-refractivity contribution in [3.8, 4) is 0 Å². The van der Waals surface area contributed by atoms with Gasteiger partial charge in [0.25, 0.3) is 0 Å². The van der Waals surface area contributed by atoms with Crippen LogP contribution in [-0.2, 0) is 6.16 Å². The van der Waals surface area contributed by atoms with E-state index in [2.05, 4.69) is 83.8 Å². The second-order valence-corrected chi connectivity index (χ2v) is 14.2. The van der Waals surface area contributed by atoms with Gasteiger partial charge in [-0.2, -0.15) is 0 Å². The van der Waals surface area contributed by atoms with Crippen molar-refractivity contribution in [1.29, 1.82) is 0 Å². The minimum absolute atomic E-state index is 0.621. The van der Waals surface area contributed by atoms with Crippen LogP contribution in [0, 0.1) is 0 Å². The van der Waals surface area contributed by atoms with Crippen LogP contribution in [0.2, 0.25) is 0 Å². The number of halogens is 1. The van der Waals surface area contributed by atoms with Crippen molar-refractivity contribution in [2.24, 2.45) is 0 Å². The van der Waals surface area contributed by atoms with Gasteiger partial charge >= 0.3 is 187 Å². The molecular weight excluding hydrogens is 419 g/mol. The number of nitrogens with zero attached hydrogens (tertiary/aromatic N) is 2. The van der Waals surface area contributed by atoms with Gasteiger partial charge in [0, 0.05) is 0 Å². The van der Waals surface area contributed by atoms with Crippen LogP contribution in [-0.4, -0.2) is 9.97 Å². The summed E-state index contributed by atoms with van der Waals surface area (Å²) in [5.74, 6) is -3.38. The van der Waals surface area contributed by atoms with Gasteiger partial charge in [-0.05, 0) is 0 Å². The third-order valence-corrected chi connectivity index (χ3v) is 13.0. The van der Waals surface area contributed by atoms with Gasteiger partial charge in [0.05, 0.1) is 0 Å². The molecule has 0 unspecified atom stereocenters.